The Hall–Kier alpha value is -1.30. The minimum absolute atomic E-state index is 0.539. The molecule has 18 heavy (non-hydrogen) atoms. The quantitative estimate of drug-likeness (QED) is 0.560. The van der Waals surface area contributed by atoms with Crippen molar-refractivity contribution in [3.63, 3.8) is 0 Å². The SMILES string of the molecule is C=C(C)C[C@@H](CC)C(=C)C(C)Cc1ccccc1. The summed E-state index contributed by atoms with van der Waals surface area (Å²) in [5.74, 6) is 1.12. The molecule has 0 aliphatic rings. The van der Waals surface area contributed by atoms with E-state index in [9.17, 15) is 0 Å². The first-order valence-electron chi connectivity index (χ1n) is 6.91. The molecule has 0 bridgehead atoms. The molecule has 0 saturated heterocycles. The van der Waals surface area contributed by atoms with Gasteiger partial charge in [-0.3, -0.25) is 0 Å². The van der Waals surface area contributed by atoms with Gasteiger partial charge in [0.2, 0.25) is 0 Å². The maximum Gasteiger partial charge on any atom is -0.0169 e. The van der Waals surface area contributed by atoms with E-state index < -0.39 is 0 Å². The van der Waals surface area contributed by atoms with Crippen LogP contribution in [0.3, 0.4) is 0 Å². The summed E-state index contributed by atoms with van der Waals surface area (Å²) in [4.78, 5) is 0. The molecule has 0 fully saturated rings. The van der Waals surface area contributed by atoms with Gasteiger partial charge in [0.1, 0.15) is 0 Å². The summed E-state index contributed by atoms with van der Waals surface area (Å²) in [5.41, 5.74) is 4.04. The molecule has 0 spiro atoms. The van der Waals surface area contributed by atoms with Crippen molar-refractivity contribution in [2.24, 2.45) is 11.8 Å². The van der Waals surface area contributed by atoms with E-state index in [0.29, 0.717) is 11.8 Å². The zero-order chi connectivity index (χ0) is 13.5. The Bertz CT molecular complexity index is 386. The van der Waals surface area contributed by atoms with Crippen LogP contribution in [0.15, 0.2) is 54.6 Å². The topological polar surface area (TPSA) is 0 Å². The number of hydrogen-bond donors (Lipinski definition) is 0. The maximum absolute atomic E-state index is 4.33. The summed E-state index contributed by atoms with van der Waals surface area (Å²) in [6.45, 7) is 15.0. The first kappa shape index (κ1) is 14.8. The third-order valence-electron chi connectivity index (χ3n) is 3.63. The number of allylic oxidation sites excluding steroid dienone is 2. The van der Waals surface area contributed by atoms with Crippen molar-refractivity contribution in [3.8, 4) is 0 Å². The summed E-state index contributed by atoms with van der Waals surface area (Å²) in [6, 6.07) is 10.7. The van der Waals surface area contributed by atoms with Gasteiger partial charge < -0.3 is 0 Å². The Morgan fingerprint density at radius 3 is 2.28 bits per heavy atom. The minimum atomic E-state index is 0.539. The van der Waals surface area contributed by atoms with E-state index in [2.05, 4.69) is 64.3 Å². The fourth-order valence-electron chi connectivity index (χ4n) is 2.46. The van der Waals surface area contributed by atoms with E-state index in [1.807, 2.05) is 0 Å². The molecule has 0 aliphatic carbocycles. The van der Waals surface area contributed by atoms with Crippen LogP contribution < -0.4 is 0 Å². The average Bonchev–Trinajstić information content (AvgIpc) is 2.36. The van der Waals surface area contributed by atoms with Gasteiger partial charge in [-0.05, 0) is 43.6 Å². The van der Waals surface area contributed by atoms with Crippen molar-refractivity contribution in [1.82, 2.24) is 0 Å². The molecule has 0 nitrogen and oxygen atoms in total. The molecule has 1 rings (SSSR count). The Kier molecular flexibility index (Phi) is 5.91. The summed E-state index contributed by atoms with van der Waals surface area (Å²) in [7, 11) is 0. The zero-order valence-corrected chi connectivity index (χ0v) is 12.1. The van der Waals surface area contributed by atoms with Crippen LogP contribution in [0, 0.1) is 11.8 Å². The van der Waals surface area contributed by atoms with Gasteiger partial charge in [-0.2, -0.15) is 0 Å². The third kappa shape index (κ3) is 4.52. The van der Waals surface area contributed by atoms with Gasteiger partial charge in [0.25, 0.3) is 0 Å². The Morgan fingerprint density at radius 1 is 1.17 bits per heavy atom. The predicted octanol–water partition coefficient (Wildman–Crippen LogP) is 5.41. The Balaban J connectivity index is 2.62. The number of benzene rings is 1. The minimum Gasteiger partial charge on any atom is -0.100 e. The highest BCUT2D eigenvalue weighted by Crippen LogP contribution is 2.28. The highest BCUT2D eigenvalue weighted by atomic mass is 14.2. The lowest BCUT2D eigenvalue weighted by Gasteiger charge is -2.23. The fraction of sp³-hybridized carbons (Fsp3) is 0.444. The molecular formula is C18H26. The number of rotatable bonds is 7. The second-order valence-corrected chi connectivity index (χ2v) is 5.43. The van der Waals surface area contributed by atoms with Crippen LogP contribution in [0.2, 0.25) is 0 Å². The molecule has 1 unspecified atom stereocenters. The summed E-state index contributed by atoms with van der Waals surface area (Å²) >= 11 is 0. The van der Waals surface area contributed by atoms with Crippen LogP contribution >= 0.6 is 0 Å². The second kappa shape index (κ2) is 7.20. The van der Waals surface area contributed by atoms with Crippen LogP contribution in [0.5, 0.6) is 0 Å². The van der Waals surface area contributed by atoms with Gasteiger partial charge in [-0.1, -0.05) is 61.9 Å². The molecule has 98 valence electrons. The predicted molar refractivity (Wildman–Crippen MR) is 81.7 cm³/mol. The van der Waals surface area contributed by atoms with Crippen LogP contribution in [0.25, 0.3) is 0 Å². The Labute approximate surface area is 112 Å². The highest BCUT2D eigenvalue weighted by molar-refractivity contribution is 5.19. The molecule has 0 aromatic heterocycles. The molecule has 0 heteroatoms. The monoisotopic (exact) mass is 242 g/mol. The lowest BCUT2D eigenvalue weighted by atomic mass is 9.82. The van der Waals surface area contributed by atoms with Crippen molar-refractivity contribution in [3.05, 3.63) is 60.2 Å². The smallest absolute Gasteiger partial charge is 0.0169 e. The summed E-state index contributed by atoms with van der Waals surface area (Å²) in [5, 5.41) is 0. The fourth-order valence-corrected chi connectivity index (χ4v) is 2.46. The molecule has 0 saturated carbocycles. The molecule has 1 aromatic carbocycles. The molecule has 0 aliphatic heterocycles. The third-order valence-corrected chi connectivity index (χ3v) is 3.63. The molecule has 0 heterocycles. The van der Waals surface area contributed by atoms with Crippen LogP contribution in [0.4, 0.5) is 0 Å². The Morgan fingerprint density at radius 2 is 1.78 bits per heavy atom. The van der Waals surface area contributed by atoms with Crippen molar-refractivity contribution in [1.29, 1.82) is 0 Å². The van der Waals surface area contributed by atoms with Gasteiger partial charge in [-0.15, -0.1) is 6.58 Å². The van der Waals surface area contributed by atoms with Crippen LogP contribution in [0.1, 0.15) is 39.2 Å². The second-order valence-electron chi connectivity index (χ2n) is 5.43. The van der Waals surface area contributed by atoms with Gasteiger partial charge in [0, 0.05) is 0 Å². The molecule has 1 aromatic rings. The van der Waals surface area contributed by atoms with E-state index >= 15 is 0 Å². The van der Waals surface area contributed by atoms with Crippen LogP contribution in [-0.2, 0) is 6.42 Å². The van der Waals surface area contributed by atoms with Gasteiger partial charge in [-0.25, -0.2) is 0 Å². The average molecular weight is 242 g/mol. The summed E-state index contributed by atoms with van der Waals surface area (Å²) < 4.78 is 0. The van der Waals surface area contributed by atoms with Crippen molar-refractivity contribution in [2.75, 3.05) is 0 Å². The zero-order valence-electron chi connectivity index (χ0n) is 12.1. The van der Waals surface area contributed by atoms with Crippen molar-refractivity contribution in [2.45, 2.75) is 40.0 Å². The van der Waals surface area contributed by atoms with Gasteiger partial charge >= 0.3 is 0 Å². The van der Waals surface area contributed by atoms with Crippen LogP contribution in [-0.4, -0.2) is 0 Å². The molecular weight excluding hydrogens is 216 g/mol. The van der Waals surface area contributed by atoms with Gasteiger partial charge in [0.05, 0.1) is 0 Å². The first-order valence-corrected chi connectivity index (χ1v) is 6.91. The number of hydrogen-bond acceptors (Lipinski definition) is 0. The van der Waals surface area contributed by atoms with E-state index in [4.69, 9.17) is 0 Å². The van der Waals surface area contributed by atoms with Gasteiger partial charge in [0.15, 0.2) is 0 Å². The van der Waals surface area contributed by atoms with E-state index in [1.165, 1.54) is 16.7 Å². The lowest BCUT2D eigenvalue weighted by molar-refractivity contribution is 0.504. The van der Waals surface area contributed by atoms with Crippen molar-refractivity contribution < 1.29 is 0 Å². The normalized spacial score (nSPS) is 13.9. The largest absolute Gasteiger partial charge is 0.100 e. The maximum atomic E-state index is 4.33. The lowest BCUT2D eigenvalue weighted by Crippen LogP contribution is -2.12. The highest BCUT2D eigenvalue weighted by Gasteiger charge is 2.16. The molecule has 0 amide bonds. The van der Waals surface area contributed by atoms with E-state index in [1.54, 1.807) is 0 Å². The first-order chi connectivity index (χ1) is 8.54. The van der Waals surface area contributed by atoms with E-state index in [0.717, 1.165) is 19.3 Å². The van der Waals surface area contributed by atoms with E-state index in [-0.39, 0.29) is 0 Å². The molecule has 0 N–H and O–H groups in total. The van der Waals surface area contributed by atoms with Crippen molar-refractivity contribution >= 4 is 0 Å². The molecule has 2 atom stereocenters. The standard InChI is InChI=1S/C18H26/c1-6-18(12-14(2)3)16(5)15(4)13-17-10-8-7-9-11-17/h7-11,15,18H,2,5-6,12-13H2,1,3-4H3/t15?,18-/m1/s1. The summed E-state index contributed by atoms with van der Waals surface area (Å²) in [6.07, 6.45) is 3.33. The molecule has 0 radical (unpaired) electrons.